The molecule has 2 saturated carbocycles. The van der Waals surface area contributed by atoms with E-state index in [2.05, 4.69) is 31.1 Å². The second kappa shape index (κ2) is 5.89. The van der Waals surface area contributed by atoms with Crippen LogP contribution in [0.25, 0.3) is 0 Å². The smallest absolute Gasteiger partial charge is 0.0614 e. The highest BCUT2D eigenvalue weighted by Gasteiger charge is 2.40. The number of hydrogen-bond donors (Lipinski definition) is 2. The largest absolute Gasteiger partial charge is 0.394 e. The predicted molar refractivity (Wildman–Crippen MR) is 75.7 cm³/mol. The number of aliphatic hydroxyl groups excluding tert-OH is 1. The summed E-state index contributed by atoms with van der Waals surface area (Å²) in [5.41, 5.74) is -0.0211. The molecular weight excluding hydrogens is 224 g/mol. The summed E-state index contributed by atoms with van der Waals surface area (Å²) in [6.45, 7) is 5.87. The van der Waals surface area contributed by atoms with Gasteiger partial charge in [0.15, 0.2) is 0 Å². The Balaban J connectivity index is 1.84. The van der Waals surface area contributed by atoms with Crippen molar-refractivity contribution >= 4 is 0 Å². The van der Waals surface area contributed by atoms with E-state index in [1.165, 1.54) is 32.2 Å². The van der Waals surface area contributed by atoms with Gasteiger partial charge in [-0.1, -0.05) is 20.3 Å². The van der Waals surface area contributed by atoms with Crippen molar-refractivity contribution in [2.75, 3.05) is 20.2 Å². The standard InChI is InChI=1S/C15H30N2O/c1-12(2)16-15(11-18)8-7-14(9-15)17(3)10-13-5-4-6-13/h12-14,16,18H,4-11H2,1-3H3. The first-order valence-corrected chi connectivity index (χ1v) is 7.63. The molecular formula is C15H30N2O. The minimum atomic E-state index is -0.0211. The number of rotatable bonds is 6. The highest BCUT2D eigenvalue weighted by Crippen LogP contribution is 2.35. The first-order chi connectivity index (χ1) is 8.54. The Hall–Kier alpha value is -0.120. The third-order valence-electron chi connectivity index (χ3n) is 4.87. The van der Waals surface area contributed by atoms with Crippen molar-refractivity contribution in [3.05, 3.63) is 0 Å². The van der Waals surface area contributed by atoms with Crippen LogP contribution in [-0.4, -0.2) is 47.8 Å². The fraction of sp³-hybridized carbons (Fsp3) is 1.00. The van der Waals surface area contributed by atoms with Gasteiger partial charge in [0.05, 0.1) is 6.61 Å². The summed E-state index contributed by atoms with van der Waals surface area (Å²) < 4.78 is 0. The van der Waals surface area contributed by atoms with E-state index < -0.39 is 0 Å². The molecule has 0 aliphatic heterocycles. The normalized spacial score (nSPS) is 33.3. The highest BCUT2D eigenvalue weighted by atomic mass is 16.3. The Labute approximate surface area is 112 Å². The van der Waals surface area contributed by atoms with Crippen LogP contribution < -0.4 is 5.32 Å². The maximum absolute atomic E-state index is 9.72. The zero-order valence-corrected chi connectivity index (χ0v) is 12.3. The van der Waals surface area contributed by atoms with Gasteiger partial charge < -0.3 is 15.3 Å². The topological polar surface area (TPSA) is 35.5 Å². The fourth-order valence-corrected chi connectivity index (χ4v) is 3.64. The third-order valence-corrected chi connectivity index (χ3v) is 4.87. The summed E-state index contributed by atoms with van der Waals surface area (Å²) in [7, 11) is 2.27. The Morgan fingerprint density at radius 2 is 2.06 bits per heavy atom. The summed E-state index contributed by atoms with van der Waals surface area (Å²) >= 11 is 0. The van der Waals surface area contributed by atoms with Crippen molar-refractivity contribution in [2.45, 2.75) is 70.0 Å². The SMILES string of the molecule is CC(C)NC1(CO)CCC(N(C)CC2CCC2)C1. The molecule has 0 saturated heterocycles. The van der Waals surface area contributed by atoms with Crippen molar-refractivity contribution < 1.29 is 5.11 Å². The highest BCUT2D eigenvalue weighted by molar-refractivity contribution is 5.00. The van der Waals surface area contributed by atoms with E-state index in [4.69, 9.17) is 0 Å². The Bertz CT molecular complexity index is 265. The van der Waals surface area contributed by atoms with Crippen LogP contribution in [0.4, 0.5) is 0 Å². The Morgan fingerprint density at radius 1 is 1.33 bits per heavy atom. The van der Waals surface area contributed by atoms with Crippen LogP contribution in [0, 0.1) is 5.92 Å². The molecule has 2 fully saturated rings. The first kappa shape index (κ1) is 14.3. The van der Waals surface area contributed by atoms with Gasteiger partial charge in [-0.25, -0.2) is 0 Å². The molecule has 2 atom stereocenters. The third kappa shape index (κ3) is 3.25. The summed E-state index contributed by atoms with van der Waals surface area (Å²) in [5, 5.41) is 13.3. The zero-order valence-electron chi connectivity index (χ0n) is 12.3. The van der Waals surface area contributed by atoms with Crippen LogP contribution in [0.1, 0.15) is 52.4 Å². The van der Waals surface area contributed by atoms with Crippen LogP contribution in [-0.2, 0) is 0 Å². The molecule has 3 nitrogen and oxygen atoms in total. The molecule has 0 heterocycles. The van der Waals surface area contributed by atoms with Gasteiger partial charge >= 0.3 is 0 Å². The van der Waals surface area contributed by atoms with Gasteiger partial charge in [-0.3, -0.25) is 0 Å². The van der Waals surface area contributed by atoms with E-state index in [0.717, 1.165) is 18.8 Å². The van der Waals surface area contributed by atoms with Gasteiger partial charge in [-0.2, -0.15) is 0 Å². The molecule has 0 aromatic rings. The van der Waals surface area contributed by atoms with Gasteiger partial charge in [-0.15, -0.1) is 0 Å². The first-order valence-electron chi connectivity index (χ1n) is 7.63. The van der Waals surface area contributed by atoms with Crippen molar-refractivity contribution in [3.8, 4) is 0 Å². The van der Waals surface area contributed by atoms with Crippen LogP contribution in [0.5, 0.6) is 0 Å². The molecule has 2 unspecified atom stereocenters. The van der Waals surface area contributed by atoms with E-state index >= 15 is 0 Å². The van der Waals surface area contributed by atoms with Crippen LogP contribution >= 0.6 is 0 Å². The minimum absolute atomic E-state index is 0.0211. The monoisotopic (exact) mass is 254 g/mol. The number of aliphatic hydroxyl groups is 1. The van der Waals surface area contributed by atoms with E-state index in [1.54, 1.807) is 0 Å². The maximum Gasteiger partial charge on any atom is 0.0614 e. The molecule has 0 amide bonds. The second-order valence-electron chi connectivity index (χ2n) is 6.87. The van der Waals surface area contributed by atoms with E-state index in [-0.39, 0.29) is 12.1 Å². The molecule has 2 aliphatic carbocycles. The number of hydrogen-bond acceptors (Lipinski definition) is 3. The molecule has 3 heteroatoms. The average molecular weight is 254 g/mol. The average Bonchev–Trinajstić information content (AvgIpc) is 2.67. The molecule has 0 aromatic carbocycles. The Kier molecular flexibility index (Phi) is 4.68. The van der Waals surface area contributed by atoms with E-state index in [9.17, 15) is 5.11 Å². The second-order valence-corrected chi connectivity index (χ2v) is 6.87. The van der Waals surface area contributed by atoms with Gasteiger partial charge in [-0.05, 0) is 45.1 Å². The van der Waals surface area contributed by atoms with Gasteiger partial charge in [0.2, 0.25) is 0 Å². The van der Waals surface area contributed by atoms with Crippen molar-refractivity contribution in [3.63, 3.8) is 0 Å². The molecule has 106 valence electrons. The quantitative estimate of drug-likeness (QED) is 0.761. The van der Waals surface area contributed by atoms with Gasteiger partial charge in [0.1, 0.15) is 0 Å². The summed E-state index contributed by atoms with van der Waals surface area (Å²) in [6.07, 6.45) is 7.72. The molecule has 18 heavy (non-hydrogen) atoms. The van der Waals surface area contributed by atoms with E-state index in [1.807, 2.05) is 0 Å². The van der Waals surface area contributed by atoms with Crippen molar-refractivity contribution in [1.29, 1.82) is 0 Å². The summed E-state index contributed by atoms with van der Waals surface area (Å²) in [4.78, 5) is 2.54. The molecule has 0 bridgehead atoms. The lowest BCUT2D eigenvalue weighted by Gasteiger charge is -2.35. The predicted octanol–water partition coefficient (Wildman–Crippen LogP) is 2.00. The zero-order chi connectivity index (χ0) is 13.2. The Morgan fingerprint density at radius 3 is 2.56 bits per heavy atom. The fourth-order valence-electron chi connectivity index (χ4n) is 3.64. The lowest BCUT2D eigenvalue weighted by Crippen LogP contribution is -2.50. The van der Waals surface area contributed by atoms with Crippen molar-refractivity contribution in [2.24, 2.45) is 5.92 Å². The van der Waals surface area contributed by atoms with Gasteiger partial charge in [0.25, 0.3) is 0 Å². The molecule has 0 aromatic heterocycles. The summed E-state index contributed by atoms with van der Waals surface area (Å²) in [5.74, 6) is 0.942. The maximum atomic E-state index is 9.72. The molecule has 2 aliphatic rings. The molecule has 2 N–H and O–H groups in total. The van der Waals surface area contributed by atoms with Crippen LogP contribution in [0.3, 0.4) is 0 Å². The molecule has 0 radical (unpaired) electrons. The lowest BCUT2D eigenvalue weighted by atomic mass is 9.85. The van der Waals surface area contributed by atoms with Crippen LogP contribution in [0.2, 0.25) is 0 Å². The van der Waals surface area contributed by atoms with E-state index in [0.29, 0.717) is 12.1 Å². The minimum Gasteiger partial charge on any atom is -0.394 e. The van der Waals surface area contributed by atoms with Crippen molar-refractivity contribution in [1.82, 2.24) is 10.2 Å². The lowest BCUT2D eigenvalue weighted by molar-refractivity contribution is 0.128. The number of nitrogens with one attached hydrogen (secondary N) is 1. The summed E-state index contributed by atoms with van der Waals surface area (Å²) in [6, 6.07) is 1.11. The van der Waals surface area contributed by atoms with Gasteiger partial charge in [0, 0.05) is 24.2 Å². The number of nitrogens with zero attached hydrogens (tertiary/aromatic N) is 1. The molecule has 0 spiro atoms. The molecule has 2 rings (SSSR count). The van der Waals surface area contributed by atoms with Crippen LogP contribution in [0.15, 0.2) is 0 Å².